The second kappa shape index (κ2) is 2.83. The molecule has 2 rings (SSSR count). The molecule has 0 saturated heterocycles. The van der Waals surface area contributed by atoms with Crippen LogP contribution in [0.5, 0.6) is 0 Å². The largest absolute Gasteiger partial charge is 0.387 e. The zero-order chi connectivity index (χ0) is 8.72. The third kappa shape index (κ3) is 1.18. The van der Waals surface area contributed by atoms with Crippen molar-refractivity contribution in [3.8, 4) is 0 Å². The van der Waals surface area contributed by atoms with Crippen LogP contribution in [0.15, 0.2) is 22.7 Å². The Kier molecular flexibility index (Phi) is 1.94. The summed E-state index contributed by atoms with van der Waals surface area (Å²) in [5.41, 5.74) is 7.85. The summed E-state index contributed by atoms with van der Waals surface area (Å²) in [4.78, 5) is 0. The lowest BCUT2D eigenvalue weighted by Crippen LogP contribution is -2.24. The first-order valence-corrected chi connectivity index (χ1v) is 4.70. The van der Waals surface area contributed by atoms with Gasteiger partial charge in [0.1, 0.15) is 0 Å². The SMILES string of the molecule is NC1Cc2cc(Br)ccc2C1O. The molecule has 1 aliphatic carbocycles. The third-order valence-electron chi connectivity index (χ3n) is 2.28. The van der Waals surface area contributed by atoms with Gasteiger partial charge in [0.05, 0.1) is 6.10 Å². The summed E-state index contributed by atoms with van der Waals surface area (Å²) in [5.74, 6) is 0. The highest BCUT2D eigenvalue weighted by Crippen LogP contribution is 2.31. The molecule has 0 amide bonds. The summed E-state index contributed by atoms with van der Waals surface area (Å²) < 4.78 is 1.04. The van der Waals surface area contributed by atoms with Crippen molar-refractivity contribution in [2.24, 2.45) is 5.73 Å². The van der Waals surface area contributed by atoms with Gasteiger partial charge in [-0.2, -0.15) is 0 Å². The van der Waals surface area contributed by atoms with Gasteiger partial charge in [-0.15, -0.1) is 0 Å². The molecule has 0 aliphatic heterocycles. The quantitative estimate of drug-likeness (QED) is 0.704. The summed E-state index contributed by atoms with van der Waals surface area (Å²) in [7, 11) is 0. The Bertz CT molecular complexity index is 313. The van der Waals surface area contributed by atoms with Gasteiger partial charge >= 0.3 is 0 Å². The second-order valence-electron chi connectivity index (χ2n) is 3.16. The standard InChI is InChI=1S/C9H10BrNO/c10-6-1-2-7-5(3-6)4-8(11)9(7)12/h1-3,8-9,12H,4,11H2. The first-order chi connectivity index (χ1) is 5.68. The van der Waals surface area contributed by atoms with E-state index in [-0.39, 0.29) is 6.04 Å². The van der Waals surface area contributed by atoms with Gasteiger partial charge < -0.3 is 10.8 Å². The number of hydrogen-bond donors (Lipinski definition) is 2. The highest BCUT2D eigenvalue weighted by atomic mass is 79.9. The molecule has 2 atom stereocenters. The number of nitrogens with two attached hydrogens (primary N) is 1. The molecule has 3 N–H and O–H groups in total. The van der Waals surface area contributed by atoms with Crippen molar-refractivity contribution in [2.45, 2.75) is 18.6 Å². The lowest BCUT2D eigenvalue weighted by Gasteiger charge is -2.07. The van der Waals surface area contributed by atoms with Crippen molar-refractivity contribution in [1.82, 2.24) is 0 Å². The van der Waals surface area contributed by atoms with E-state index in [1.807, 2.05) is 18.2 Å². The summed E-state index contributed by atoms with van der Waals surface area (Å²) in [6, 6.07) is 5.75. The second-order valence-corrected chi connectivity index (χ2v) is 4.07. The fourth-order valence-electron chi connectivity index (χ4n) is 1.64. The molecule has 0 radical (unpaired) electrons. The fraction of sp³-hybridized carbons (Fsp3) is 0.333. The van der Waals surface area contributed by atoms with E-state index in [9.17, 15) is 5.11 Å². The molecule has 2 nitrogen and oxygen atoms in total. The molecule has 0 saturated carbocycles. The number of halogens is 1. The summed E-state index contributed by atoms with van der Waals surface area (Å²) in [5, 5.41) is 9.60. The molecule has 1 aliphatic rings. The normalized spacial score (nSPS) is 27.2. The topological polar surface area (TPSA) is 46.2 Å². The van der Waals surface area contributed by atoms with Gasteiger partial charge in [0.25, 0.3) is 0 Å². The maximum Gasteiger partial charge on any atom is 0.0946 e. The van der Waals surface area contributed by atoms with Gasteiger partial charge in [0.2, 0.25) is 0 Å². The highest BCUT2D eigenvalue weighted by molar-refractivity contribution is 9.10. The van der Waals surface area contributed by atoms with Crippen LogP contribution in [0.4, 0.5) is 0 Å². The van der Waals surface area contributed by atoms with E-state index in [1.54, 1.807) is 0 Å². The van der Waals surface area contributed by atoms with Gasteiger partial charge in [-0.25, -0.2) is 0 Å². The first kappa shape index (κ1) is 8.23. The zero-order valence-corrected chi connectivity index (χ0v) is 8.08. The number of fused-ring (bicyclic) bond motifs is 1. The number of rotatable bonds is 0. The Balaban J connectivity index is 2.47. The Morgan fingerprint density at radius 3 is 3.00 bits per heavy atom. The Morgan fingerprint density at radius 2 is 2.25 bits per heavy atom. The van der Waals surface area contributed by atoms with Gasteiger partial charge in [-0.1, -0.05) is 22.0 Å². The maximum atomic E-state index is 9.60. The van der Waals surface area contributed by atoms with Gasteiger partial charge in [0.15, 0.2) is 0 Å². The molecule has 2 unspecified atom stereocenters. The van der Waals surface area contributed by atoms with E-state index in [0.29, 0.717) is 0 Å². The first-order valence-electron chi connectivity index (χ1n) is 3.90. The molecular formula is C9H10BrNO. The van der Waals surface area contributed by atoms with Crippen molar-refractivity contribution < 1.29 is 5.11 Å². The van der Waals surface area contributed by atoms with E-state index in [2.05, 4.69) is 15.9 Å². The molecule has 0 spiro atoms. The summed E-state index contributed by atoms with van der Waals surface area (Å²) >= 11 is 3.38. The molecule has 12 heavy (non-hydrogen) atoms. The Morgan fingerprint density at radius 1 is 1.50 bits per heavy atom. The number of aliphatic hydroxyl groups excluding tert-OH is 1. The van der Waals surface area contributed by atoms with Gasteiger partial charge in [-0.3, -0.25) is 0 Å². The highest BCUT2D eigenvalue weighted by Gasteiger charge is 2.27. The molecule has 0 aromatic heterocycles. The monoisotopic (exact) mass is 227 g/mol. The molecule has 0 fully saturated rings. The minimum atomic E-state index is -0.479. The summed E-state index contributed by atoms with van der Waals surface area (Å²) in [6.07, 6.45) is 0.295. The molecule has 3 heteroatoms. The average Bonchev–Trinajstić information content (AvgIpc) is 2.28. The van der Waals surface area contributed by atoms with Crippen LogP contribution in [0.2, 0.25) is 0 Å². The predicted molar refractivity (Wildman–Crippen MR) is 50.8 cm³/mol. The van der Waals surface area contributed by atoms with Crippen molar-refractivity contribution >= 4 is 15.9 Å². The smallest absolute Gasteiger partial charge is 0.0946 e. The third-order valence-corrected chi connectivity index (χ3v) is 2.78. The van der Waals surface area contributed by atoms with Gasteiger partial charge in [-0.05, 0) is 29.7 Å². The van der Waals surface area contributed by atoms with E-state index in [0.717, 1.165) is 22.0 Å². The number of hydrogen-bond acceptors (Lipinski definition) is 2. The van der Waals surface area contributed by atoms with Crippen molar-refractivity contribution in [2.75, 3.05) is 0 Å². The van der Waals surface area contributed by atoms with Crippen LogP contribution < -0.4 is 5.73 Å². The molecular weight excluding hydrogens is 218 g/mol. The fourth-order valence-corrected chi connectivity index (χ4v) is 2.04. The Labute approximate surface area is 79.5 Å². The van der Waals surface area contributed by atoms with Crippen LogP contribution in [0.3, 0.4) is 0 Å². The van der Waals surface area contributed by atoms with E-state index >= 15 is 0 Å². The van der Waals surface area contributed by atoms with Crippen LogP contribution in [-0.2, 0) is 6.42 Å². The van der Waals surface area contributed by atoms with Crippen LogP contribution in [0, 0.1) is 0 Å². The van der Waals surface area contributed by atoms with Crippen molar-refractivity contribution in [1.29, 1.82) is 0 Å². The van der Waals surface area contributed by atoms with Gasteiger partial charge in [0, 0.05) is 10.5 Å². The van der Waals surface area contributed by atoms with E-state index < -0.39 is 6.10 Å². The predicted octanol–water partition coefficient (Wildman–Crippen LogP) is 1.37. The Hall–Kier alpha value is -0.380. The minimum absolute atomic E-state index is 0.130. The summed E-state index contributed by atoms with van der Waals surface area (Å²) in [6.45, 7) is 0. The van der Waals surface area contributed by atoms with E-state index in [4.69, 9.17) is 5.73 Å². The zero-order valence-electron chi connectivity index (χ0n) is 6.50. The maximum absolute atomic E-state index is 9.60. The molecule has 0 bridgehead atoms. The molecule has 1 aromatic carbocycles. The average molecular weight is 228 g/mol. The van der Waals surface area contributed by atoms with Crippen LogP contribution in [0.25, 0.3) is 0 Å². The molecule has 0 heterocycles. The number of aliphatic hydroxyl groups is 1. The van der Waals surface area contributed by atoms with Crippen LogP contribution >= 0.6 is 15.9 Å². The minimum Gasteiger partial charge on any atom is -0.387 e. The molecule has 64 valence electrons. The van der Waals surface area contributed by atoms with Crippen LogP contribution in [-0.4, -0.2) is 11.1 Å². The van der Waals surface area contributed by atoms with Crippen molar-refractivity contribution in [3.63, 3.8) is 0 Å². The van der Waals surface area contributed by atoms with Crippen LogP contribution in [0.1, 0.15) is 17.2 Å². The molecule has 1 aromatic rings. The number of benzene rings is 1. The van der Waals surface area contributed by atoms with Crippen molar-refractivity contribution in [3.05, 3.63) is 33.8 Å². The lowest BCUT2D eigenvalue weighted by atomic mass is 10.1. The van der Waals surface area contributed by atoms with E-state index in [1.165, 1.54) is 0 Å². The lowest BCUT2D eigenvalue weighted by molar-refractivity contribution is 0.159.